The van der Waals surface area contributed by atoms with Crippen LogP contribution in [0, 0.1) is 12.3 Å². The molecule has 0 atom stereocenters. The number of benzene rings is 1. The summed E-state index contributed by atoms with van der Waals surface area (Å²) in [6.45, 7) is 4.59. The molecule has 0 saturated heterocycles. The van der Waals surface area contributed by atoms with E-state index >= 15 is 0 Å². The van der Waals surface area contributed by atoms with Gasteiger partial charge in [0.25, 0.3) is 0 Å². The van der Waals surface area contributed by atoms with Crippen molar-refractivity contribution < 1.29 is 4.79 Å². The van der Waals surface area contributed by atoms with Crippen LogP contribution in [0.5, 0.6) is 0 Å². The standard InChI is InChI=1S/C16H19ClN2O/c1-10-6-11-7-12(19(3)14(11)8-13(10)17)9-18-15(20)16(2)4-5-16/h6-8H,4-5,9H2,1-3H3,(H,18,20). The molecule has 1 N–H and O–H groups in total. The molecule has 1 aliphatic rings. The number of nitrogens with one attached hydrogen (secondary N) is 1. The maximum atomic E-state index is 12.0. The van der Waals surface area contributed by atoms with Gasteiger partial charge in [0.05, 0.1) is 6.54 Å². The van der Waals surface area contributed by atoms with E-state index in [2.05, 4.69) is 22.0 Å². The molecule has 0 aliphatic heterocycles. The van der Waals surface area contributed by atoms with Gasteiger partial charge in [-0.15, -0.1) is 0 Å². The van der Waals surface area contributed by atoms with E-state index in [1.807, 2.05) is 27.0 Å². The van der Waals surface area contributed by atoms with E-state index in [4.69, 9.17) is 11.6 Å². The van der Waals surface area contributed by atoms with Crippen LogP contribution in [0.15, 0.2) is 18.2 Å². The summed E-state index contributed by atoms with van der Waals surface area (Å²) < 4.78 is 2.09. The van der Waals surface area contributed by atoms with Crippen LogP contribution in [-0.2, 0) is 18.4 Å². The van der Waals surface area contributed by atoms with Crippen molar-refractivity contribution in [1.29, 1.82) is 0 Å². The van der Waals surface area contributed by atoms with Gasteiger partial charge in [0.15, 0.2) is 0 Å². The summed E-state index contributed by atoms with van der Waals surface area (Å²) in [6.07, 6.45) is 2.01. The van der Waals surface area contributed by atoms with Crippen LogP contribution in [0.1, 0.15) is 31.0 Å². The average Bonchev–Trinajstić information content (AvgIpc) is 3.09. The lowest BCUT2D eigenvalue weighted by Crippen LogP contribution is -2.30. The molecule has 1 amide bonds. The summed E-state index contributed by atoms with van der Waals surface area (Å²) in [5.74, 6) is 0.164. The van der Waals surface area contributed by atoms with Crippen molar-refractivity contribution in [1.82, 2.24) is 9.88 Å². The Balaban J connectivity index is 1.85. The minimum Gasteiger partial charge on any atom is -0.350 e. The molecule has 3 nitrogen and oxygen atoms in total. The lowest BCUT2D eigenvalue weighted by atomic mass is 10.1. The van der Waals surface area contributed by atoms with Crippen LogP contribution in [0.2, 0.25) is 5.02 Å². The number of nitrogens with zero attached hydrogens (tertiary/aromatic N) is 1. The smallest absolute Gasteiger partial charge is 0.226 e. The molecule has 1 aromatic heterocycles. The summed E-state index contributed by atoms with van der Waals surface area (Å²) in [6, 6.07) is 6.19. The maximum absolute atomic E-state index is 12.0. The number of halogens is 1. The normalized spacial score (nSPS) is 16.4. The van der Waals surface area contributed by atoms with Crippen molar-refractivity contribution in [3.8, 4) is 0 Å². The Bertz CT molecular complexity index is 698. The maximum Gasteiger partial charge on any atom is 0.226 e. The molecule has 20 heavy (non-hydrogen) atoms. The Morgan fingerprint density at radius 1 is 1.40 bits per heavy atom. The first-order valence-electron chi connectivity index (χ1n) is 6.93. The van der Waals surface area contributed by atoms with Gasteiger partial charge in [0, 0.05) is 34.1 Å². The first kappa shape index (κ1) is 13.5. The van der Waals surface area contributed by atoms with Crippen LogP contribution >= 0.6 is 11.6 Å². The second kappa shape index (κ2) is 4.52. The largest absolute Gasteiger partial charge is 0.350 e. The van der Waals surface area contributed by atoms with Crippen LogP contribution < -0.4 is 5.32 Å². The van der Waals surface area contributed by atoms with Gasteiger partial charge in [0.1, 0.15) is 0 Å². The van der Waals surface area contributed by atoms with Crippen LogP contribution in [0.25, 0.3) is 10.9 Å². The number of aromatic nitrogens is 1. The first-order valence-corrected chi connectivity index (χ1v) is 7.31. The molecule has 0 spiro atoms. The summed E-state index contributed by atoms with van der Waals surface area (Å²) in [5.41, 5.74) is 3.15. The van der Waals surface area contributed by atoms with Crippen molar-refractivity contribution in [3.63, 3.8) is 0 Å². The van der Waals surface area contributed by atoms with E-state index < -0.39 is 0 Å². The number of carbonyl (C=O) groups excluding carboxylic acids is 1. The second-order valence-electron chi connectivity index (χ2n) is 6.10. The first-order chi connectivity index (χ1) is 9.40. The van der Waals surface area contributed by atoms with Crippen LogP contribution in [-0.4, -0.2) is 10.5 Å². The van der Waals surface area contributed by atoms with E-state index in [0.717, 1.165) is 40.0 Å². The molecule has 2 aromatic rings. The molecule has 1 fully saturated rings. The number of aryl methyl sites for hydroxylation is 2. The number of rotatable bonds is 3. The predicted octanol–water partition coefficient (Wildman–Crippen LogP) is 3.56. The van der Waals surface area contributed by atoms with Gasteiger partial charge < -0.3 is 9.88 Å². The van der Waals surface area contributed by atoms with Crippen molar-refractivity contribution in [2.75, 3.05) is 0 Å². The molecule has 1 aromatic carbocycles. The minimum atomic E-state index is -0.121. The number of amides is 1. The van der Waals surface area contributed by atoms with Gasteiger partial charge in [-0.05, 0) is 43.5 Å². The molecular formula is C16H19ClN2O. The second-order valence-corrected chi connectivity index (χ2v) is 6.51. The van der Waals surface area contributed by atoms with Gasteiger partial charge in [0.2, 0.25) is 5.91 Å². The third-order valence-corrected chi connectivity index (χ3v) is 4.81. The molecule has 1 saturated carbocycles. The molecule has 1 heterocycles. The monoisotopic (exact) mass is 290 g/mol. The number of fused-ring (bicyclic) bond motifs is 1. The van der Waals surface area contributed by atoms with Gasteiger partial charge >= 0.3 is 0 Å². The van der Waals surface area contributed by atoms with E-state index in [1.54, 1.807) is 0 Å². The molecule has 3 rings (SSSR count). The van der Waals surface area contributed by atoms with Crippen molar-refractivity contribution in [2.45, 2.75) is 33.2 Å². The summed E-state index contributed by atoms with van der Waals surface area (Å²) in [7, 11) is 2.01. The van der Waals surface area contributed by atoms with Gasteiger partial charge in [-0.2, -0.15) is 0 Å². The highest BCUT2D eigenvalue weighted by molar-refractivity contribution is 6.32. The summed E-state index contributed by atoms with van der Waals surface area (Å²) in [4.78, 5) is 12.0. The Kier molecular flexibility index (Phi) is 3.05. The van der Waals surface area contributed by atoms with E-state index in [9.17, 15) is 4.79 Å². The van der Waals surface area contributed by atoms with Crippen LogP contribution in [0.4, 0.5) is 0 Å². The molecule has 0 radical (unpaired) electrons. The van der Waals surface area contributed by atoms with E-state index in [0.29, 0.717) is 6.54 Å². The zero-order chi connectivity index (χ0) is 14.5. The highest BCUT2D eigenvalue weighted by Crippen LogP contribution is 2.45. The zero-order valence-corrected chi connectivity index (χ0v) is 12.8. The van der Waals surface area contributed by atoms with E-state index in [-0.39, 0.29) is 11.3 Å². The van der Waals surface area contributed by atoms with Crippen molar-refractivity contribution in [2.24, 2.45) is 12.5 Å². The lowest BCUT2D eigenvalue weighted by molar-refractivity contribution is -0.125. The lowest BCUT2D eigenvalue weighted by Gasteiger charge is -2.10. The molecule has 1 aliphatic carbocycles. The quantitative estimate of drug-likeness (QED) is 0.921. The highest BCUT2D eigenvalue weighted by Gasteiger charge is 2.44. The third kappa shape index (κ3) is 2.20. The highest BCUT2D eigenvalue weighted by atomic mass is 35.5. The number of hydrogen-bond donors (Lipinski definition) is 1. The van der Waals surface area contributed by atoms with Crippen LogP contribution in [0.3, 0.4) is 0 Å². The molecule has 0 unspecified atom stereocenters. The van der Waals surface area contributed by atoms with Gasteiger partial charge in [-0.25, -0.2) is 0 Å². The van der Waals surface area contributed by atoms with E-state index in [1.165, 1.54) is 0 Å². The summed E-state index contributed by atoms with van der Waals surface area (Å²) >= 11 is 6.18. The molecule has 0 bridgehead atoms. The molecular weight excluding hydrogens is 272 g/mol. The van der Waals surface area contributed by atoms with Gasteiger partial charge in [-0.1, -0.05) is 18.5 Å². The zero-order valence-electron chi connectivity index (χ0n) is 12.1. The average molecular weight is 291 g/mol. The fourth-order valence-corrected chi connectivity index (χ4v) is 2.66. The Hall–Kier alpha value is -1.48. The fourth-order valence-electron chi connectivity index (χ4n) is 2.50. The Morgan fingerprint density at radius 2 is 2.10 bits per heavy atom. The van der Waals surface area contributed by atoms with Crippen molar-refractivity contribution >= 4 is 28.4 Å². The molecule has 4 heteroatoms. The molecule has 106 valence electrons. The number of carbonyl (C=O) groups is 1. The fraction of sp³-hybridized carbons (Fsp3) is 0.438. The minimum absolute atomic E-state index is 0.121. The SMILES string of the molecule is Cc1cc2cc(CNC(=O)C3(C)CC3)n(C)c2cc1Cl. The number of hydrogen-bond acceptors (Lipinski definition) is 1. The Labute approximate surface area is 123 Å². The third-order valence-electron chi connectivity index (χ3n) is 4.40. The van der Waals surface area contributed by atoms with Gasteiger partial charge in [-0.3, -0.25) is 4.79 Å². The topological polar surface area (TPSA) is 34.0 Å². The Morgan fingerprint density at radius 3 is 2.75 bits per heavy atom. The predicted molar refractivity (Wildman–Crippen MR) is 81.9 cm³/mol. The summed E-state index contributed by atoms with van der Waals surface area (Å²) in [5, 5.41) is 4.98. The van der Waals surface area contributed by atoms with Crippen molar-refractivity contribution in [3.05, 3.63) is 34.5 Å².